The lowest BCUT2D eigenvalue weighted by molar-refractivity contribution is 0.0932. The number of nitrogens with zero attached hydrogens (tertiary/aromatic N) is 3. The van der Waals surface area contributed by atoms with Gasteiger partial charge in [-0.05, 0) is 36.8 Å². The summed E-state index contributed by atoms with van der Waals surface area (Å²) < 4.78 is 24.7. The van der Waals surface area contributed by atoms with Gasteiger partial charge in [0.2, 0.25) is 5.89 Å². The van der Waals surface area contributed by atoms with Crippen molar-refractivity contribution in [3.05, 3.63) is 77.0 Å². The second kappa shape index (κ2) is 7.83. The lowest BCUT2D eigenvalue weighted by Gasteiger charge is -2.09. The van der Waals surface area contributed by atoms with Crippen LogP contribution in [0.25, 0.3) is 11.1 Å². The van der Waals surface area contributed by atoms with Crippen LogP contribution in [-0.2, 0) is 12.8 Å². The molecule has 29 heavy (non-hydrogen) atoms. The fourth-order valence-electron chi connectivity index (χ4n) is 2.92. The van der Waals surface area contributed by atoms with Gasteiger partial charge < -0.3 is 14.3 Å². The lowest BCUT2D eigenvalue weighted by Crippen LogP contribution is -2.26. The number of aryl methyl sites for hydroxylation is 1. The first-order valence-electron chi connectivity index (χ1n) is 9.29. The second-order valence-electron chi connectivity index (χ2n) is 6.66. The summed E-state index contributed by atoms with van der Waals surface area (Å²) in [6.07, 6.45) is 0.887. The fourth-order valence-corrected chi connectivity index (χ4v) is 2.92. The van der Waals surface area contributed by atoms with Gasteiger partial charge in [0.15, 0.2) is 17.3 Å². The molecule has 0 unspecified atom stereocenters. The maximum atomic E-state index is 13.8. The molecule has 7 nitrogen and oxygen atoms in total. The molecule has 0 aliphatic heterocycles. The standard InChI is InChI=1S/C21H19FN4O3/c1-3-18-25-21(29-26-18)12(2)23-20(27)14-8-9-16-17(10-14)28-19(24-16)11-13-6-4-5-7-15(13)22/h4-10,12H,3,11H2,1-2H3,(H,23,27)/t12-/m0/s1. The number of nitrogens with one attached hydrogen (secondary N) is 1. The highest BCUT2D eigenvalue weighted by Crippen LogP contribution is 2.21. The van der Waals surface area contributed by atoms with Crippen molar-refractivity contribution in [3.8, 4) is 0 Å². The van der Waals surface area contributed by atoms with E-state index in [0.717, 1.165) is 0 Å². The first kappa shape index (κ1) is 18.8. The molecule has 2 aromatic heterocycles. The van der Waals surface area contributed by atoms with Crippen LogP contribution in [0.5, 0.6) is 0 Å². The number of oxazole rings is 1. The Kier molecular flexibility index (Phi) is 5.07. The topological polar surface area (TPSA) is 94.1 Å². The van der Waals surface area contributed by atoms with Crippen molar-refractivity contribution in [3.63, 3.8) is 0 Å². The fraction of sp³-hybridized carbons (Fsp3) is 0.238. The molecule has 148 valence electrons. The van der Waals surface area contributed by atoms with Crippen LogP contribution in [0.1, 0.15) is 53.4 Å². The van der Waals surface area contributed by atoms with Gasteiger partial charge in [-0.15, -0.1) is 0 Å². The summed E-state index contributed by atoms with van der Waals surface area (Å²) in [6.45, 7) is 3.69. The highest BCUT2D eigenvalue weighted by atomic mass is 19.1. The van der Waals surface area contributed by atoms with Crippen molar-refractivity contribution < 1.29 is 18.1 Å². The molecule has 1 atom stereocenters. The van der Waals surface area contributed by atoms with Crippen molar-refractivity contribution in [2.45, 2.75) is 32.7 Å². The molecule has 4 rings (SSSR count). The molecule has 0 aliphatic rings. The molecule has 0 radical (unpaired) electrons. The molecule has 0 fully saturated rings. The summed E-state index contributed by atoms with van der Waals surface area (Å²) in [5.41, 5.74) is 1.97. The van der Waals surface area contributed by atoms with Crippen LogP contribution in [0.15, 0.2) is 51.4 Å². The van der Waals surface area contributed by atoms with Gasteiger partial charge in [0.25, 0.3) is 5.91 Å². The Hall–Kier alpha value is -3.55. The zero-order valence-electron chi connectivity index (χ0n) is 16.0. The van der Waals surface area contributed by atoms with Crippen LogP contribution in [0, 0.1) is 5.82 Å². The Morgan fingerprint density at radius 3 is 2.79 bits per heavy atom. The summed E-state index contributed by atoms with van der Waals surface area (Å²) >= 11 is 0. The molecule has 4 aromatic rings. The van der Waals surface area contributed by atoms with Gasteiger partial charge in [0, 0.05) is 12.0 Å². The average Bonchev–Trinajstić information content (AvgIpc) is 3.35. The Bertz CT molecular complexity index is 1170. The third-order valence-corrected chi connectivity index (χ3v) is 4.51. The van der Waals surface area contributed by atoms with E-state index in [9.17, 15) is 9.18 Å². The number of halogens is 1. The zero-order chi connectivity index (χ0) is 20.4. The number of hydrogen-bond acceptors (Lipinski definition) is 6. The van der Waals surface area contributed by atoms with E-state index in [1.807, 2.05) is 6.92 Å². The lowest BCUT2D eigenvalue weighted by atomic mass is 10.1. The molecule has 0 saturated carbocycles. The predicted octanol–water partition coefficient (Wildman–Crippen LogP) is 3.99. The smallest absolute Gasteiger partial charge is 0.252 e. The summed E-state index contributed by atoms with van der Waals surface area (Å²) in [6, 6.07) is 11.0. The largest absolute Gasteiger partial charge is 0.440 e. The van der Waals surface area contributed by atoms with Crippen molar-refractivity contribution in [2.75, 3.05) is 0 Å². The SMILES string of the molecule is CCc1noc([C@H](C)NC(=O)c2ccc3nc(Cc4ccccc4F)oc3c2)n1. The van der Waals surface area contributed by atoms with Gasteiger partial charge >= 0.3 is 0 Å². The number of fused-ring (bicyclic) bond motifs is 1. The minimum atomic E-state index is -0.433. The summed E-state index contributed by atoms with van der Waals surface area (Å²) in [5.74, 6) is 0.711. The van der Waals surface area contributed by atoms with Crippen LogP contribution in [0.3, 0.4) is 0 Å². The van der Waals surface area contributed by atoms with Crippen LogP contribution in [0.4, 0.5) is 4.39 Å². The van der Waals surface area contributed by atoms with E-state index < -0.39 is 6.04 Å². The molecule has 0 saturated heterocycles. The van der Waals surface area contributed by atoms with Gasteiger partial charge in [-0.2, -0.15) is 4.98 Å². The molecule has 1 N–H and O–H groups in total. The van der Waals surface area contributed by atoms with E-state index in [0.29, 0.717) is 46.3 Å². The van der Waals surface area contributed by atoms with Crippen LogP contribution in [0.2, 0.25) is 0 Å². The second-order valence-corrected chi connectivity index (χ2v) is 6.66. The van der Waals surface area contributed by atoms with E-state index >= 15 is 0 Å². The van der Waals surface area contributed by atoms with E-state index in [1.54, 1.807) is 43.3 Å². The quantitative estimate of drug-likeness (QED) is 0.531. The van der Waals surface area contributed by atoms with Crippen molar-refractivity contribution >= 4 is 17.0 Å². The molecular weight excluding hydrogens is 375 g/mol. The van der Waals surface area contributed by atoms with Gasteiger partial charge in [0.05, 0.1) is 6.42 Å². The Balaban J connectivity index is 1.50. The molecule has 0 aliphatic carbocycles. The van der Waals surface area contributed by atoms with E-state index in [1.165, 1.54) is 6.07 Å². The van der Waals surface area contributed by atoms with Crippen LogP contribution < -0.4 is 5.32 Å². The first-order chi connectivity index (χ1) is 14.0. The molecule has 1 amide bonds. The minimum Gasteiger partial charge on any atom is -0.440 e. The van der Waals surface area contributed by atoms with Gasteiger partial charge in [-0.1, -0.05) is 30.3 Å². The Morgan fingerprint density at radius 2 is 2.03 bits per heavy atom. The summed E-state index contributed by atoms with van der Waals surface area (Å²) in [7, 11) is 0. The van der Waals surface area contributed by atoms with E-state index in [2.05, 4.69) is 20.4 Å². The number of amides is 1. The average molecular weight is 394 g/mol. The molecule has 8 heteroatoms. The minimum absolute atomic E-state index is 0.233. The molecule has 0 bridgehead atoms. The number of aromatic nitrogens is 3. The maximum Gasteiger partial charge on any atom is 0.252 e. The van der Waals surface area contributed by atoms with Gasteiger partial charge in [-0.3, -0.25) is 4.79 Å². The number of carbonyl (C=O) groups excluding carboxylic acids is 1. The number of carbonyl (C=O) groups is 1. The normalized spacial score (nSPS) is 12.2. The van der Waals surface area contributed by atoms with Crippen molar-refractivity contribution in [2.24, 2.45) is 0 Å². The van der Waals surface area contributed by atoms with Gasteiger partial charge in [-0.25, -0.2) is 9.37 Å². The monoisotopic (exact) mass is 394 g/mol. The number of hydrogen-bond donors (Lipinski definition) is 1. The van der Waals surface area contributed by atoms with Crippen LogP contribution >= 0.6 is 0 Å². The van der Waals surface area contributed by atoms with E-state index in [4.69, 9.17) is 8.94 Å². The maximum absolute atomic E-state index is 13.8. The first-order valence-corrected chi connectivity index (χ1v) is 9.29. The summed E-state index contributed by atoms with van der Waals surface area (Å²) in [5, 5.41) is 6.65. The molecular formula is C21H19FN4O3. The highest BCUT2D eigenvalue weighted by molar-refractivity contribution is 5.97. The number of rotatable bonds is 6. The highest BCUT2D eigenvalue weighted by Gasteiger charge is 2.18. The number of benzene rings is 2. The molecule has 2 heterocycles. The van der Waals surface area contributed by atoms with E-state index in [-0.39, 0.29) is 18.1 Å². The Labute approximate surface area is 165 Å². The van der Waals surface area contributed by atoms with Gasteiger partial charge in [0.1, 0.15) is 17.4 Å². The third kappa shape index (κ3) is 4.01. The summed E-state index contributed by atoms with van der Waals surface area (Å²) in [4.78, 5) is 21.2. The molecule has 2 aromatic carbocycles. The van der Waals surface area contributed by atoms with Crippen molar-refractivity contribution in [1.29, 1.82) is 0 Å². The third-order valence-electron chi connectivity index (χ3n) is 4.51. The predicted molar refractivity (Wildman–Crippen MR) is 103 cm³/mol. The zero-order valence-corrected chi connectivity index (χ0v) is 16.0. The van der Waals surface area contributed by atoms with Crippen molar-refractivity contribution in [1.82, 2.24) is 20.4 Å². The molecule has 0 spiro atoms. The Morgan fingerprint density at radius 1 is 1.21 bits per heavy atom. The van der Waals surface area contributed by atoms with Crippen LogP contribution in [-0.4, -0.2) is 21.0 Å².